The molecule has 0 saturated carbocycles. The van der Waals surface area contributed by atoms with Gasteiger partial charge in [0.25, 0.3) is 5.56 Å². The Morgan fingerprint density at radius 2 is 1.94 bits per heavy atom. The summed E-state index contributed by atoms with van der Waals surface area (Å²) in [6, 6.07) is 15.3. The number of nitrogens with zero attached hydrogens (tertiary/aromatic N) is 2. The van der Waals surface area contributed by atoms with Crippen LogP contribution in [0.2, 0.25) is 5.02 Å². The predicted octanol–water partition coefficient (Wildman–Crippen LogP) is 5.05. The molecule has 1 aromatic heterocycles. The molecule has 1 aliphatic rings. The summed E-state index contributed by atoms with van der Waals surface area (Å²) >= 11 is 7.71. The third-order valence-electron chi connectivity index (χ3n) is 5.21. The van der Waals surface area contributed by atoms with Crippen molar-refractivity contribution in [3.8, 4) is 5.88 Å². The van der Waals surface area contributed by atoms with Gasteiger partial charge < -0.3 is 5.11 Å². The summed E-state index contributed by atoms with van der Waals surface area (Å²) in [6.45, 7) is 2.32. The van der Waals surface area contributed by atoms with E-state index in [9.17, 15) is 14.7 Å². The van der Waals surface area contributed by atoms with Crippen molar-refractivity contribution < 1.29 is 5.11 Å². The number of benzene rings is 2. The number of halogens is 1. The van der Waals surface area contributed by atoms with Crippen molar-refractivity contribution in [2.24, 2.45) is 4.99 Å². The number of aromatic amines is 1. The Hall–Kier alpha value is -2.77. The largest absolute Gasteiger partial charge is 0.494 e. The molecular formula is C23H22ClN3O3S. The Bertz CT molecular complexity index is 1250. The number of aliphatic imine (C=N–C) groups is 1. The molecule has 8 heteroatoms. The molecular weight excluding hydrogens is 434 g/mol. The number of H-pyrrole nitrogens is 1. The second-order valence-corrected chi connectivity index (χ2v) is 9.03. The van der Waals surface area contributed by atoms with E-state index in [0.717, 1.165) is 22.6 Å². The molecule has 0 saturated heterocycles. The van der Waals surface area contributed by atoms with Gasteiger partial charge in [-0.1, -0.05) is 49.2 Å². The van der Waals surface area contributed by atoms with E-state index < -0.39 is 11.2 Å². The molecule has 1 aliphatic heterocycles. The van der Waals surface area contributed by atoms with E-state index in [1.54, 1.807) is 11.8 Å². The molecule has 160 valence electrons. The summed E-state index contributed by atoms with van der Waals surface area (Å²) in [5.74, 6) is -0.333. The molecule has 0 amide bonds. The summed E-state index contributed by atoms with van der Waals surface area (Å²) < 4.78 is 1.21. The van der Waals surface area contributed by atoms with Crippen LogP contribution < -0.4 is 11.2 Å². The summed E-state index contributed by atoms with van der Waals surface area (Å²) in [4.78, 5) is 33.1. The highest BCUT2D eigenvalue weighted by Gasteiger charge is 2.27. The molecule has 0 fully saturated rings. The Morgan fingerprint density at radius 1 is 1.19 bits per heavy atom. The molecule has 1 atom stereocenters. The number of hydrogen-bond donors (Lipinski definition) is 2. The zero-order valence-electron chi connectivity index (χ0n) is 17.0. The predicted molar refractivity (Wildman–Crippen MR) is 125 cm³/mol. The lowest BCUT2D eigenvalue weighted by atomic mass is 10.0. The van der Waals surface area contributed by atoms with Gasteiger partial charge in [0.05, 0.1) is 11.4 Å². The van der Waals surface area contributed by atoms with Crippen LogP contribution in [0.3, 0.4) is 0 Å². The van der Waals surface area contributed by atoms with Crippen LogP contribution in [0.25, 0.3) is 0 Å². The highest BCUT2D eigenvalue weighted by Crippen LogP contribution is 2.45. The van der Waals surface area contributed by atoms with Gasteiger partial charge in [0.1, 0.15) is 5.56 Å². The van der Waals surface area contributed by atoms with Gasteiger partial charge in [0.2, 0.25) is 5.88 Å². The molecule has 1 unspecified atom stereocenters. The average Bonchev–Trinajstić information content (AvgIpc) is 2.93. The number of para-hydroxylation sites is 1. The SMILES string of the molecule is CCCCn1c(O)c(C2=Nc3ccccc3SC(c3ccc(Cl)cc3)C2)c(=O)[nH]c1=O. The lowest BCUT2D eigenvalue weighted by molar-refractivity contribution is 0.394. The molecule has 2 N–H and O–H groups in total. The van der Waals surface area contributed by atoms with Crippen molar-refractivity contribution in [2.75, 3.05) is 0 Å². The van der Waals surface area contributed by atoms with Crippen LogP contribution in [0.1, 0.15) is 42.6 Å². The second kappa shape index (κ2) is 9.16. The van der Waals surface area contributed by atoms with Gasteiger partial charge in [-0.3, -0.25) is 19.3 Å². The standard InChI is InChI=1S/C23H22ClN3O3S/c1-2-3-12-27-22(29)20(21(28)26-23(27)30)17-13-19(14-8-10-15(24)11-9-14)31-18-7-5-4-6-16(18)25-17/h4-11,19,29H,2-3,12-13H2,1H3,(H,26,28,30). The van der Waals surface area contributed by atoms with Gasteiger partial charge in [-0.2, -0.15) is 0 Å². The zero-order valence-corrected chi connectivity index (χ0v) is 18.5. The highest BCUT2D eigenvalue weighted by atomic mass is 35.5. The molecule has 0 spiro atoms. The van der Waals surface area contributed by atoms with Crippen molar-refractivity contribution in [1.29, 1.82) is 0 Å². The van der Waals surface area contributed by atoms with Crippen LogP contribution >= 0.6 is 23.4 Å². The van der Waals surface area contributed by atoms with Gasteiger partial charge in [-0.05, 0) is 36.2 Å². The van der Waals surface area contributed by atoms with Gasteiger partial charge in [0, 0.05) is 28.1 Å². The van der Waals surface area contributed by atoms with Crippen molar-refractivity contribution in [3.63, 3.8) is 0 Å². The number of hydrogen-bond acceptors (Lipinski definition) is 5. The summed E-state index contributed by atoms with van der Waals surface area (Å²) in [5.41, 5.74) is 1.01. The molecule has 0 radical (unpaired) electrons. The summed E-state index contributed by atoms with van der Waals surface area (Å²) in [6.07, 6.45) is 1.96. The van der Waals surface area contributed by atoms with Crippen LogP contribution in [0.15, 0.2) is 68.0 Å². The fourth-order valence-corrected chi connectivity index (χ4v) is 4.93. The number of aromatic hydroxyl groups is 1. The van der Waals surface area contributed by atoms with E-state index in [0.29, 0.717) is 30.1 Å². The maximum Gasteiger partial charge on any atom is 0.331 e. The van der Waals surface area contributed by atoms with Crippen molar-refractivity contribution in [3.05, 3.63) is 85.5 Å². The minimum Gasteiger partial charge on any atom is -0.494 e. The third-order valence-corrected chi connectivity index (χ3v) is 6.78. The molecule has 0 bridgehead atoms. The monoisotopic (exact) mass is 455 g/mol. The highest BCUT2D eigenvalue weighted by molar-refractivity contribution is 7.99. The topological polar surface area (TPSA) is 87.4 Å². The first-order chi connectivity index (χ1) is 15.0. The molecule has 3 aromatic rings. The van der Waals surface area contributed by atoms with Crippen LogP contribution in [0, 0.1) is 0 Å². The second-order valence-electron chi connectivity index (χ2n) is 7.35. The van der Waals surface area contributed by atoms with Crippen molar-refractivity contribution >= 4 is 34.8 Å². The van der Waals surface area contributed by atoms with Crippen molar-refractivity contribution in [1.82, 2.24) is 9.55 Å². The van der Waals surface area contributed by atoms with E-state index in [2.05, 4.69) is 4.98 Å². The number of unbranched alkanes of at least 4 members (excludes halogenated alkanes) is 1. The maximum atomic E-state index is 12.8. The van der Waals surface area contributed by atoms with Gasteiger partial charge in [0.15, 0.2) is 0 Å². The number of fused-ring (bicyclic) bond motifs is 1. The van der Waals surface area contributed by atoms with E-state index >= 15 is 0 Å². The average molecular weight is 456 g/mol. The lowest BCUT2D eigenvalue weighted by Gasteiger charge is -2.17. The van der Waals surface area contributed by atoms with E-state index in [4.69, 9.17) is 16.6 Å². The smallest absolute Gasteiger partial charge is 0.331 e. The minimum absolute atomic E-state index is 0.0468. The first kappa shape index (κ1) is 21.5. The number of aromatic nitrogens is 2. The van der Waals surface area contributed by atoms with Crippen LogP contribution in [-0.4, -0.2) is 20.4 Å². The van der Waals surface area contributed by atoms with Gasteiger partial charge in [-0.25, -0.2) is 4.79 Å². The van der Waals surface area contributed by atoms with E-state index in [1.807, 2.05) is 55.5 Å². The van der Waals surface area contributed by atoms with E-state index in [1.165, 1.54) is 4.57 Å². The van der Waals surface area contributed by atoms with Crippen LogP contribution in [-0.2, 0) is 6.54 Å². The molecule has 31 heavy (non-hydrogen) atoms. The lowest BCUT2D eigenvalue weighted by Crippen LogP contribution is -2.34. The van der Waals surface area contributed by atoms with Gasteiger partial charge in [-0.15, -0.1) is 11.8 Å². The first-order valence-electron chi connectivity index (χ1n) is 10.1. The molecule has 2 heterocycles. The van der Waals surface area contributed by atoms with Crippen molar-refractivity contribution in [2.45, 2.75) is 42.9 Å². The van der Waals surface area contributed by atoms with E-state index in [-0.39, 0.29) is 16.7 Å². The summed E-state index contributed by atoms with van der Waals surface area (Å²) in [5, 5.41) is 11.5. The molecule has 4 rings (SSSR count). The molecule has 0 aliphatic carbocycles. The Kier molecular flexibility index (Phi) is 6.34. The normalized spacial score (nSPS) is 15.8. The first-order valence-corrected chi connectivity index (χ1v) is 11.4. The molecule has 6 nitrogen and oxygen atoms in total. The maximum absolute atomic E-state index is 12.8. The van der Waals surface area contributed by atoms with Crippen LogP contribution in [0.4, 0.5) is 5.69 Å². The Balaban J connectivity index is 1.87. The number of thioether (sulfide) groups is 1. The Morgan fingerprint density at radius 3 is 2.68 bits per heavy atom. The minimum atomic E-state index is -0.631. The fourth-order valence-electron chi connectivity index (χ4n) is 3.58. The number of nitrogens with one attached hydrogen (secondary N) is 1. The summed E-state index contributed by atoms with van der Waals surface area (Å²) in [7, 11) is 0. The fraction of sp³-hybridized carbons (Fsp3) is 0.261. The Labute approximate surface area is 188 Å². The zero-order chi connectivity index (χ0) is 22.0. The quantitative estimate of drug-likeness (QED) is 0.563. The third kappa shape index (κ3) is 4.48. The van der Waals surface area contributed by atoms with Gasteiger partial charge >= 0.3 is 5.69 Å². The number of rotatable bonds is 5. The molecule has 2 aromatic carbocycles. The van der Waals surface area contributed by atoms with Crippen LogP contribution in [0.5, 0.6) is 5.88 Å².